The van der Waals surface area contributed by atoms with Crippen molar-refractivity contribution in [3.05, 3.63) is 42.1 Å². The van der Waals surface area contributed by atoms with Gasteiger partial charge in [-0.05, 0) is 30.7 Å². The van der Waals surface area contributed by atoms with Crippen molar-refractivity contribution in [3.8, 4) is 17.1 Å². The van der Waals surface area contributed by atoms with Crippen molar-refractivity contribution in [2.75, 3.05) is 27.4 Å². The molecule has 1 aromatic carbocycles. The van der Waals surface area contributed by atoms with Gasteiger partial charge in [-0.2, -0.15) is 0 Å². The summed E-state index contributed by atoms with van der Waals surface area (Å²) < 4.78 is 18.0. The van der Waals surface area contributed by atoms with Crippen LogP contribution >= 0.6 is 0 Å². The standard InChI is InChI=1S/C18H21N3O3/c1-13-9-16-18(19-11-13)21(12-24-8-7-22-2)17(20-16)14-5-4-6-15(10-14)23-3/h4-6,9-11H,7-8,12H2,1-3H3. The van der Waals surface area contributed by atoms with Crippen LogP contribution in [0.15, 0.2) is 36.5 Å². The normalized spacial score (nSPS) is 11.1. The van der Waals surface area contributed by atoms with Crippen LogP contribution in [-0.2, 0) is 16.2 Å². The first kappa shape index (κ1) is 16.4. The molecule has 2 aromatic heterocycles. The molecule has 0 spiro atoms. The van der Waals surface area contributed by atoms with E-state index in [9.17, 15) is 0 Å². The highest BCUT2D eigenvalue weighted by Gasteiger charge is 2.14. The quantitative estimate of drug-likeness (QED) is 0.624. The minimum atomic E-state index is 0.364. The fourth-order valence-electron chi connectivity index (χ4n) is 2.51. The SMILES string of the molecule is COCCOCn1c(-c2cccc(OC)c2)nc2cc(C)cnc21. The zero-order valence-electron chi connectivity index (χ0n) is 14.2. The molecule has 3 aromatic rings. The van der Waals surface area contributed by atoms with Gasteiger partial charge in [-0.15, -0.1) is 0 Å². The number of hydrogen-bond donors (Lipinski definition) is 0. The molecule has 0 saturated heterocycles. The van der Waals surface area contributed by atoms with Gasteiger partial charge in [-0.25, -0.2) is 9.97 Å². The molecule has 0 radical (unpaired) electrons. The van der Waals surface area contributed by atoms with Crippen LogP contribution in [0.1, 0.15) is 5.56 Å². The van der Waals surface area contributed by atoms with Crippen LogP contribution < -0.4 is 4.74 Å². The number of nitrogens with zero attached hydrogens (tertiary/aromatic N) is 3. The Labute approximate surface area is 141 Å². The Morgan fingerprint density at radius 2 is 2.00 bits per heavy atom. The van der Waals surface area contributed by atoms with Gasteiger partial charge in [0.05, 0.1) is 20.3 Å². The molecule has 0 aliphatic rings. The maximum atomic E-state index is 5.70. The number of fused-ring (bicyclic) bond motifs is 1. The molecule has 2 heterocycles. The van der Waals surface area contributed by atoms with E-state index in [1.54, 1.807) is 14.2 Å². The van der Waals surface area contributed by atoms with E-state index in [1.165, 1.54) is 0 Å². The Hall–Kier alpha value is -2.44. The third-order valence-corrected chi connectivity index (χ3v) is 3.70. The van der Waals surface area contributed by atoms with Gasteiger partial charge in [0.1, 0.15) is 23.8 Å². The molecule has 0 fully saturated rings. The Morgan fingerprint density at radius 3 is 2.79 bits per heavy atom. The number of benzene rings is 1. The minimum Gasteiger partial charge on any atom is -0.497 e. The maximum absolute atomic E-state index is 5.70. The number of pyridine rings is 1. The lowest BCUT2D eigenvalue weighted by Crippen LogP contribution is -2.09. The Kier molecular flexibility index (Phi) is 5.08. The average molecular weight is 327 g/mol. The number of imidazole rings is 1. The lowest BCUT2D eigenvalue weighted by atomic mass is 10.2. The van der Waals surface area contributed by atoms with E-state index in [1.807, 2.05) is 48.0 Å². The van der Waals surface area contributed by atoms with E-state index < -0.39 is 0 Å². The Balaban J connectivity index is 2.03. The van der Waals surface area contributed by atoms with Gasteiger partial charge >= 0.3 is 0 Å². The van der Waals surface area contributed by atoms with E-state index in [-0.39, 0.29) is 0 Å². The van der Waals surface area contributed by atoms with Crippen LogP contribution in [0.2, 0.25) is 0 Å². The summed E-state index contributed by atoms with van der Waals surface area (Å²) in [5, 5.41) is 0. The van der Waals surface area contributed by atoms with E-state index in [4.69, 9.17) is 19.2 Å². The first-order valence-corrected chi connectivity index (χ1v) is 7.77. The van der Waals surface area contributed by atoms with Crippen molar-refractivity contribution < 1.29 is 14.2 Å². The molecule has 6 nitrogen and oxygen atoms in total. The molecule has 0 aliphatic carbocycles. The molecule has 6 heteroatoms. The zero-order valence-corrected chi connectivity index (χ0v) is 14.2. The van der Waals surface area contributed by atoms with Crippen molar-refractivity contribution in [3.63, 3.8) is 0 Å². The smallest absolute Gasteiger partial charge is 0.162 e. The number of rotatable bonds is 7. The van der Waals surface area contributed by atoms with Crippen LogP contribution in [0.25, 0.3) is 22.6 Å². The summed E-state index contributed by atoms with van der Waals surface area (Å²) in [5.74, 6) is 1.59. The van der Waals surface area contributed by atoms with Crippen molar-refractivity contribution in [2.45, 2.75) is 13.7 Å². The minimum absolute atomic E-state index is 0.364. The van der Waals surface area contributed by atoms with Gasteiger partial charge in [0.25, 0.3) is 0 Å². The van der Waals surface area contributed by atoms with E-state index in [0.717, 1.165) is 33.9 Å². The van der Waals surface area contributed by atoms with Gasteiger partial charge in [0, 0.05) is 18.9 Å². The predicted octanol–water partition coefficient (Wildman–Crippen LogP) is 3.04. The van der Waals surface area contributed by atoms with E-state index >= 15 is 0 Å². The highest BCUT2D eigenvalue weighted by molar-refractivity contribution is 5.77. The molecule has 0 unspecified atom stereocenters. The highest BCUT2D eigenvalue weighted by Crippen LogP contribution is 2.27. The lowest BCUT2D eigenvalue weighted by Gasteiger charge is -2.10. The average Bonchev–Trinajstić information content (AvgIpc) is 2.96. The number of ether oxygens (including phenoxy) is 3. The van der Waals surface area contributed by atoms with Gasteiger partial charge in [-0.1, -0.05) is 12.1 Å². The first-order chi connectivity index (χ1) is 11.7. The van der Waals surface area contributed by atoms with Crippen LogP contribution in [0, 0.1) is 6.92 Å². The van der Waals surface area contributed by atoms with Crippen LogP contribution in [0.5, 0.6) is 5.75 Å². The fourth-order valence-corrected chi connectivity index (χ4v) is 2.51. The molecule has 24 heavy (non-hydrogen) atoms. The zero-order chi connectivity index (χ0) is 16.9. The van der Waals surface area contributed by atoms with Gasteiger partial charge < -0.3 is 14.2 Å². The summed E-state index contributed by atoms with van der Waals surface area (Å²) in [6.45, 7) is 3.43. The van der Waals surface area contributed by atoms with Crippen molar-refractivity contribution >= 4 is 11.2 Å². The molecule has 0 atom stereocenters. The number of aryl methyl sites for hydroxylation is 1. The molecule has 126 valence electrons. The summed E-state index contributed by atoms with van der Waals surface area (Å²) in [6.07, 6.45) is 1.84. The van der Waals surface area contributed by atoms with Gasteiger partial charge in [-0.3, -0.25) is 4.57 Å². The third-order valence-electron chi connectivity index (χ3n) is 3.70. The summed E-state index contributed by atoms with van der Waals surface area (Å²) in [4.78, 5) is 9.28. The first-order valence-electron chi connectivity index (χ1n) is 7.77. The molecule has 0 N–H and O–H groups in total. The molecule has 0 saturated carbocycles. The monoisotopic (exact) mass is 327 g/mol. The van der Waals surface area contributed by atoms with Crippen LogP contribution in [-0.4, -0.2) is 42.0 Å². The van der Waals surface area contributed by atoms with Gasteiger partial charge in [0.2, 0.25) is 0 Å². The molecule has 3 rings (SSSR count). The van der Waals surface area contributed by atoms with E-state index in [0.29, 0.717) is 19.9 Å². The van der Waals surface area contributed by atoms with Crippen molar-refractivity contribution in [1.82, 2.24) is 14.5 Å². The van der Waals surface area contributed by atoms with E-state index in [2.05, 4.69) is 4.98 Å². The fraction of sp³-hybridized carbons (Fsp3) is 0.333. The second kappa shape index (κ2) is 7.42. The topological polar surface area (TPSA) is 58.4 Å². The summed E-state index contributed by atoms with van der Waals surface area (Å²) in [7, 11) is 3.31. The second-order valence-electron chi connectivity index (χ2n) is 5.48. The third kappa shape index (κ3) is 3.39. The molecule has 0 bridgehead atoms. The van der Waals surface area contributed by atoms with Crippen molar-refractivity contribution in [1.29, 1.82) is 0 Å². The maximum Gasteiger partial charge on any atom is 0.162 e. The summed E-state index contributed by atoms with van der Waals surface area (Å²) in [5.41, 5.74) is 3.68. The molecule has 0 amide bonds. The lowest BCUT2D eigenvalue weighted by molar-refractivity contribution is 0.0363. The van der Waals surface area contributed by atoms with Gasteiger partial charge in [0.15, 0.2) is 5.65 Å². The molecule has 0 aliphatic heterocycles. The molecular weight excluding hydrogens is 306 g/mol. The number of methoxy groups -OCH3 is 2. The summed E-state index contributed by atoms with van der Waals surface area (Å²) >= 11 is 0. The summed E-state index contributed by atoms with van der Waals surface area (Å²) in [6, 6.07) is 9.84. The second-order valence-corrected chi connectivity index (χ2v) is 5.48. The largest absolute Gasteiger partial charge is 0.497 e. The molecular formula is C18H21N3O3. The highest BCUT2D eigenvalue weighted by atomic mass is 16.5. The number of aromatic nitrogens is 3. The Bertz CT molecular complexity index is 829. The van der Waals surface area contributed by atoms with Crippen LogP contribution in [0.3, 0.4) is 0 Å². The van der Waals surface area contributed by atoms with Crippen molar-refractivity contribution in [2.24, 2.45) is 0 Å². The Morgan fingerprint density at radius 1 is 1.12 bits per heavy atom. The number of hydrogen-bond acceptors (Lipinski definition) is 5. The predicted molar refractivity (Wildman–Crippen MR) is 92.1 cm³/mol. The van der Waals surface area contributed by atoms with Crippen LogP contribution in [0.4, 0.5) is 0 Å².